The molecule has 108 valence electrons. The highest BCUT2D eigenvalue weighted by molar-refractivity contribution is 7.09. The first-order valence-corrected chi connectivity index (χ1v) is 8.74. The highest BCUT2D eigenvalue weighted by Crippen LogP contribution is 2.39. The lowest BCUT2D eigenvalue weighted by Crippen LogP contribution is -2.39. The van der Waals surface area contributed by atoms with E-state index in [0.29, 0.717) is 5.41 Å². The first kappa shape index (κ1) is 15.1. The van der Waals surface area contributed by atoms with Crippen molar-refractivity contribution in [3.63, 3.8) is 0 Å². The van der Waals surface area contributed by atoms with Crippen LogP contribution in [0.4, 0.5) is 0 Å². The number of hydrogen-bond acceptors (Lipinski definition) is 2. The van der Waals surface area contributed by atoms with Gasteiger partial charge < -0.3 is 5.32 Å². The third-order valence-corrected chi connectivity index (χ3v) is 5.64. The van der Waals surface area contributed by atoms with Crippen LogP contribution in [0.1, 0.15) is 57.8 Å². The average Bonchev–Trinajstić information content (AvgIpc) is 2.88. The second kappa shape index (κ2) is 6.90. The molecule has 0 saturated heterocycles. The summed E-state index contributed by atoms with van der Waals surface area (Å²) in [5, 5.41) is 5.94. The highest BCUT2D eigenvalue weighted by atomic mass is 32.1. The van der Waals surface area contributed by atoms with Crippen LogP contribution in [0.2, 0.25) is 0 Å². The van der Waals surface area contributed by atoms with E-state index in [0.717, 1.165) is 18.5 Å². The molecule has 0 aromatic carbocycles. The van der Waals surface area contributed by atoms with E-state index in [9.17, 15) is 0 Å². The second-order valence-corrected chi connectivity index (χ2v) is 7.82. The molecule has 2 heteroatoms. The molecule has 0 aliphatic heterocycles. The summed E-state index contributed by atoms with van der Waals surface area (Å²) < 4.78 is 0. The maximum atomic E-state index is 3.75. The molecule has 2 rings (SSSR count). The Morgan fingerprint density at radius 2 is 2.11 bits per heavy atom. The van der Waals surface area contributed by atoms with Gasteiger partial charge in [0.1, 0.15) is 0 Å². The number of rotatable bonds is 6. The summed E-state index contributed by atoms with van der Waals surface area (Å²) in [5.41, 5.74) is 0.584. The topological polar surface area (TPSA) is 12.0 Å². The van der Waals surface area contributed by atoms with E-state index in [1.807, 2.05) is 11.3 Å². The van der Waals surface area contributed by atoms with Crippen molar-refractivity contribution in [2.75, 3.05) is 6.54 Å². The molecule has 0 radical (unpaired) electrons. The van der Waals surface area contributed by atoms with Crippen LogP contribution in [0, 0.1) is 11.3 Å². The molecule has 1 fully saturated rings. The maximum absolute atomic E-state index is 3.75. The van der Waals surface area contributed by atoms with Crippen molar-refractivity contribution in [3.05, 3.63) is 22.4 Å². The zero-order valence-electron chi connectivity index (χ0n) is 12.7. The van der Waals surface area contributed by atoms with Crippen LogP contribution in [-0.4, -0.2) is 12.6 Å². The Bertz CT molecular complexity index is 345. The van der Waals surface area contributed by atoms with E-state index in [4.69, 9.17) is 0 Å². The van der Waals surface area contributed by atoms with Crippen LogP contribution in [0.25, 0.3) is 0 Å². The summed E-state index contributed by atoms with van der Waals surface area (Å²) in [6.45, 7) is 8.20. The summed E-state index contributed by atoms with van der Waals surface area (Å²) in [6, 6.07) is 5.17. The Hall–Kier alpha value is -0.340. The lowest BCUT2D eigenvalue weighted by molar-refractivity contribution is 0.158. The molecule has 1 atom stereocenters. The van der Waals surface area contributed by atoms with Crippen LogP contribution in [0.15, 0.2) is 17.5 Å². The SMILES string of the molecule is CCNC(CCc1cccs1)C1CCC(C)(C)CC1. The Kier molecular flexibility index (Phi) is 5.47. The first-order valence-electron chi connectivity index (χ1n) is 7.86. The first-order chi connectivity index (χ1) is 9.11. The summed E-state index contributed by atoms with van der Waals surface area (Å²) >= 11 is 1.90. The van der Waals surface area contributed by atoms with E-state index in [1.54, 1.807) is 4.88 Å². The monoisotopic (exact) mass is 279 g/mol. The van der Waals surface area contributed by atoms with E-state index >= 15 is 0 Å². The van der Waals surface area contributed by atoms with Crippen molar-refractivity contribution in [2.45, 2.75) is 65.3 Å². The molecule has 1 aliphatic carbocycles. The Morgan fingerprint density at radius 3 is 2.68 bits per heavy atom. The van der Waals surface area contributed by atoms with Crippen molar-refractivity contribution in [2.24, 2.45) is 11.3 Å². The Balaban J connectivity index is 1.85. The third-order valence-electron chi connectivity index (χ3n) is 4.70. The molecule has 1 aliphatic rings. The zero-order valence-corrected chi connectivity index (χ0v) is 13.6. The molecular weight excluding hydrogens is 250 g/mol. The van der Waals surface area contributed by atoms with Gasteiger partial charge in [-0.05, 0) is 67.8 Å². The van der Waals surface area contributed by atoms with Gasteiger partial charge in [0, 0.05) is 10.9 Å². The van der Waals surface area contributed by atoms with E-state index in [-0.39, 0.29) is 0 Å². The van der Waals surface area contributed by atoms with Crippen LogP contribution < -0.4 is 5.32 Å². The number of nitrogens with one attached hydrogen (secondary N) is 1. The smallest absolute Gasteiger partial charge is 0.00986 e. The summed E-state index contributed by atoms with van der Waals surface area (Å²) in [4.78, 5) is 1.54. The summed E-state index contributed by atoms with van der Waals surface area (Å²) in [5.74, 6) is 0.896. The van der Waals surface area contributed by atoms with E-state index < -0.39 is 0 Å². The molecule has 0 spiro atoms. The fourth-order valence-corrected chi connectivity index (χ4v) is 4.07. The van der Waals surface area contributed by atoms with Crippen LogP contribution in [0.3, 0.4) is 0 Å². The lowest BCUT2D eigenvalue weighted by atomic mass is 9.70. The molecule has 1 aromatic rings. The zero-order chi connectivity index (χ0) is 13.7. The van der Waals surface area contributed by atoms with Gasteiger partial charge in [0.25, 0.3) is 0 Å². The minimum absolute atomic E-state index is 0.584. The molecular formula is C17H29NS. The van der Waals surface area contributed by atoms with Crippen molar-refractivity contribution in [1.29, 1.82) is 0 Å². The molecule has 19 heavy (non-hydrogen) atoms. The van der Waals surface area contributed by atoms with Crippen LogP contribution >= 0.6 is 11.3 Å². The van der Waals surface area contributed by atoms with Gasteiger partial charge in [-0.1, -0.05) is 26.8 Å². The molecule has 1 nitrogen and oxygen atoms in total. The Morgan fingerprint density at radius 1 is 1.37 bits per heavy atom. The molecule has 1 heterocycles. The lowest BCUT2D eigenvalue weighted by Gasteiger charge is -2.38. The van der Waals surface area contributed by atoms with Crippen molar-refractivity contribution >= 4 is 11.3 Å². The largest absolute Gasteiger partial charge is 0.314 e. The minimum Gasteiger partial charge on any atom is -0.314 e. The fourth-order valence-electron chi connectivity index (χ4n) is 3.34. The maximum Gasteiger partial charge on any atom is 0.00986 e. The fraction of sp³-hybridized carbons (Fsp3) is 0.765. The van der Waals surface area contributed by atoms with Gasteiger partial charge in [0.2, 0.25) is 0 Å². The highest BCUT2D eigenvalue weighted by Gasteiger charge is 2.30. The predicted molar refractivity (Wildman–Crippen MR) is 85.8 cm³/mol. The van der Waals surface area contributed by atoms with Gasteiger partial charge in [-0.15, -0.1) is 11.3 Å². The van der Waals surface area contributed by atoms with Gasteiger partial charge in [-0.2, -0.15) is 0 Å². The average molecular weight is 279 g/mol. The quantitative estimate of drug-likeness (QED) is 0.783. The van der Waals surface area contributed by atoms with Gasteiger partial charge in [0.15, 0.2) is 0 Å². The molecule has 1 saturated carbocycles. The number of thiophene rings is 1. The van der Waals surface area contributed by atoms with Crippen LogP contribution in [-0.2, 0) is 6.42 Å². The number of aryl methyl sites for hydroxylation is 1. The summed E-state index contributed by atoms with van der Waals surface area (Å²) in [6.07, 6.45) is 8.18. The van der Waals surface area contributed by atoms with Crippen molar-refractivity contribution in [1.82, 2.24) is 5.32 Å². The third kappa shape index (κ3) is 4.61. The van der Waals surface area contributed by atoms with E-state index in [2.05, 4.69) is 43.6 Å². The Labute approximate surface area is 122 Å². The summed E-state index contributed by atoms with van der Waals surface area (Å²) in [7, 11) is 0. The number of hydrogen-bond donors (Lipinski definition) is 1. The minimum atomic E-state index is 0.584. The molecule has 1 N–H and O–H groups in total. The van der Waals surface area contributed by atoms with Gasteiger partial charge in [-0.25, -0.2) is 0 Å². The normalized spacial score (nSPS) is 21.4. The van der Waals surface area contributed by atoms with Gasteiger partial charge >= 0.3 is 0 Å². The van der Waals surface area contributed by atoms with Crippen LogP contribution in [0.5, 0.6) is 0 Å². The van der Waals surface area contributed by atoms with Crippen molar-refractivity contribution in [3.8, 4) is 0 Å². The molecule has 0 bridgehead atoms. The molecule has 1 unspecified atom stereocenters. The molecule has 1 aromatic heterocycles. The molecule has 0 amide bonds. The van der Waals surface area contributed by atoms with Gasteiger partial charge in [-0.3, -0.25) is 0 Å². The predicted octanol–water partition coefficient (Wildman–Crippen LogP) is 4.88. The van der Waals surface area contributed by atoms with Crippen molar-refractivity contribution < 1.29 is 0 Å². The second-order valence-electron chi connectivity index (χ2n) is 6.78. The van der Waals surface area contributed by atoms with Gasteiger partial charge in [0.05, 0.1) is 0 Å². The van der Waals surface area contributed by atoms with E-state index in [1.165, 1.54) is 38.5 Å². The standard InChI is InChI=1S/C17H29NS/c1-4-18-16(8-7-15-6-5-13-19-15)14-9-11-17(2,3)12-10-14/h5-6,13-14,16,18H,4,7-12H2,1-3H3.